The molecule has 6 heteroatoms. The van der Waals surface area contributed by atoms with Gasteiger partial charge in [0.15, 0.2) is 5.84 Å². The van der Waals surface area contributed by atoms with Crippen LogP contribution in [-0.2, 0) is 4.79 Å². The van der Waals surface area contributed by atoms with Gasteiger partial charge in [-0.2, -0.15) is 11.8 Å². The van der Waals surface area contributed by atoms with Gasteiger partial charge in [0.05, 0.1) is 0 Å². The molecule has 0 spiro atoms. The van der Waals surface area contributed by atoms with E-state index in [1.807, 2.05) is 11.8 Å². The van der Waals surface area contributed by atoms with Gasteiger partial charge in [0.1, 0.15) is 5.41 Å². The Bertz CT molecular complexity index is 315. The minimum atomic E-state index is -0.770. The van der Waals surface area contributed by atoms with E-state index in [1.54, 1.807) is 0 Å². The van der Waals surface area contributed by atoms with Crippen molar-refractivity contribution in [3.8, 4) is 0 Å². The highest BCUT2D eigenvalue weighted by Crippen LogP contribution is 2.38. The Labute approximate surface area is 119 Å². The molecule has 1 amide bonds. The summed E-state index contributed by atoms with van der Waals surface area (Å²) in [6.45, 7) is 0.674. The summed E-state index contributed by atoms with van der Waals surface area (Å²) in [7, 11) is 0. The van der Waals surface area contributed by atoms with E-state index >= 15 is 0 Å². The number of carbonyl (C=O) groups is 1. The lowest BCUT2D eigenvalue weighted by Gasteiger charge is -2.25. The molecule has 0 aromatic carbocycles. The number of rotatable bonds is 8. The molecule has 19 heavy (non-hydrogen) atoms. The van der Waals surface area contributed by atoms with Crippen LogP contribution in [0.25, 0.3) is 0 Å². The van der Waals surface area contributed by atoms with E-state index in [0.717, 1.165) is 25.7 Å². The highest BCUT2D eigenvalue weighted by Gasteiger charge is 2.45. The van der Waals surface area contributed by atoms with Gasteiger partial charge in [0, 0.05) is 6.54 Å². The van der Waals surface area contributed by atoms with Crippen molar-refractivity contribution < 1.29 is 10.0 Å². The van der Waals surface area contributed by atoms with Crippen LogP contribution in [0, 0.1) is 5.41 Å². The molecule has 0 aliphatic heterocycles. The Morgan fingerprint density at radius 1 is 1.37 bits per heavy atom. The van der Waals surface area contributed by atoms with Crippen molar-refractivity contribution in [1.82, 2.24) is 5.32 Å². The smallest absolute Gasteiger partial charge is 0.233 e. The Balaban J connectivity index is 2.38. The lowest BCUT2D eigenvalue weighted by Crippen LogP contribution is -2.48. The quantitative estimate of drug-likeness (QED) is 0.209. The predicted molar refractivity (Wildman–Crippen MR) is 79.6 cm³/mol. The number of amidine groups is 1. The standard InChI is InChI=1S/C13H25N3O2S/c1-19-10-6-2-5-9-15-12(17)13(11(14)16-18)7-3-4-8-13/h18H,2-10H2,1H3,(H2,14,16)(H,15,17). The van der Waals surface area contributed by atoms with Crippen LogP contribution in [0.1, 0.15) is 44.9 Å². The van der Waals surface area contributed by atoms with Crippen molar-refractivity contribution >= 4 is 23.5 Å². The largest absolute Gasteiger partial charge is 0.409 e. The molecule has 0 atom stereocenters. The fourth-order valence-corrected chi connectivity index (χ4v) is 3.09. The number of thioether (sulfide) groups is 1. The average molecular weight is 287 g/mol. The Morgan fingerprint density at radius 3 is 2.63 bits per heavy atom. The minimum absolute atomic E-state index is 0.0601. The summed E-state index contributed by atoms with van der Waals surface area (Å²) in [6.07, 6.45) is 8.67. The summed E-state index contributed by atoms with van der Waals surface area (Å²) in [4.78, 5) is 12.3. The van der Waals surface area contributed by atoms with E-state index in [2.05, 4.69) is 16.7 Å². The summed E-state index contributed by atoms with van der Waals surface area (Å²) >= 11 is 1.85. The molecule has 5 nitrogen and oxygen atoms in total. The molecule has 0 heterocycles. The van der Waals surface area contributed by atoms with Gasteiger partial charge in [-0.3, -0.25) is 4.79 Å². The fourth-order valence-electron chi connectivity index (χ4n) is 2.59. The molecular weight excluding hydrogens is 262 g/mol. The molecule has 4 N–H and O–H groups in total. The van der Waals surface area contributed by atoms with Gasteiger partial charge in [-0.05, 0) is 37.7 Å². The van der Waals surface area contributed by atoms with Gasteiger partial charge < -0.3 is 16.3 Å². The van der Waals surface area contributed by atoms with Crippen molar-refractivity contribution in [3.05, 3.63) is 0 Å². The van der Waals surface area contributed by atoms with Gasteiger partial charge in [-0.25, -0.2) is 0 Å². The molecule has 1 aliphatic carbocycles. The first-order chi connectivity index (χ1) is 9.17. The third kappa shape index (κ3) is 4.30. The molecule has 0 aromatic heterocycles. The van der Waals surface area contributed by atoms with E-state index in [-0.39, 0.29) is 11.7 Å². The SMILES string of the molecule is CSCCCCCNC(=O)C1(C(N)=NO)CCCC1. The van der Waals surface area contributed by atoms with Crippen molar-refractivity contribution in [1.29, 1.82) is 0 Å². The normalized spacial score (nSPS) is 18.5. The summed E-state index contributed by atoms with van der Waals surface area (Å²) in [6, 6.07) is 0. The summed E-state index contributed by atoms with van der Waals surface area (Å²) in [5.41, 5.74) is 4.95. The predicted octanol–water partition coefficient (Wildman–Crippen LogP) is 1.94. The molecule has 110 valence electrons. The Hall–Kier alpha value is -0.910. The first-order valence-electron chi connectivity index (χ1n) is 6.92. The van der Waals surface area contributed by atoms with Crippen LogP contribution in [0.3, 0.4) is 0 Å². The number of hydrogen-bond donors (Lipinski definition) is 3. The first-order valence-corrected chi connectivity index (χ1v) is 8.32. The maximum absolute atomic E-state index is 12.3. The molecule has 0 unspecified atom stereocenters. The number of unbranched alkanes of at least 4 members (excludes halogenated alkanes) is 2. The fraction of sp³-hybridized carbons (Fsp3) is 0.846. The van der Waals surface area contributed by atoms with Crippen LogP contribution >= 0.6 is 11.8 Å². The highest BCUT2D eigenvalue weighted by atomic mass is 32.2. The summed E-state index contributed by atoms with van der Waals surface area (Å²) in [5, 5.41) is 14.9. The van der Waals surface area contributed by atoms with Gasteiger partial charge in [-0.1, -0.05) is 24.4 Å². The maximum atomic E-state index is 12.3. The number of nitrogens with two attached hydrogens (primary N) is 1. The van der Waals surface area contributed by atoms with Crippen molar-refractivity contribution in [2.45, 2.75) is 44.9 Å². The van der Waals surface area contributed by atoms with Gasteiger partial charge in [0.25, 0.3) is 0 Å². The summed E-state index contributed by atoms with van der Waals surface area (Å²) < 4.78 is 0. The highest BCUT2D eigenvalue weighted by molar-refractivity contribution is 7.98. The lowest BCUT2D eigenvalue weighted by atomic mass is 9.84. The second-order valence-corrected chi connectivity index (χ2v) is 6.07. The van der Waals surface area contributed by atoms with Crippen LogP contribution < -0.4 is 11.1 Å². The second kappa shape index (κ2) is 8.30. The molecule has 0 saturated heterocycles. The number of nitrogens with one attached hydrogen (secondary N) is 1. The monoisotopic (exact) mass is 287 g/mol. The second-order valence-electron chi connectivity index (χ2n) is 5.08. The number of carbonyl (C=O) groups excluding carboxylic acids is 1. The van der Waals surface area contributed by atoms with Crippen LogP contribution in [-0.4, -0.2) is 35.5 Å². The van der Waals surface area contributed by atoms with Crippen molar-refractivity contribution in [2.24, 2.45) is 16.3 Å². The minimum Gasteiger partial charge on any atom is -0.409 e. The van der Waals surface area contributed by atoms with Gasteiger partial charge in [-0.15, -0.1) is 0 Å². The molecule has 1 saturated carbocycles. The van der Waals surface area contributed by atoms with Crippen molar-refractivity contribution in [3.63, 3.8) is 0 Å². The molecule has 0 bridgehead atoms. The topological polar surface area (TPSA) is 87.7 Å². The molecule has 1 fully saturated rings. The lowest BCUT2D eigenvalue weighted by molar-refractivity contribution is -0.127. The van der Waals surface area contributed by atoms with Gasteiger partial charge in [0.2, 0.25) is 5.91 Å². The first kappa shape index (κ1) is 16.1. The van der Waals surface area contributed by atoms with Crippen LogP contribution in [0.2, 0.25) is 0 Å². The Kier molecular flexibility index (Phi) is 7.05. The molecule has 1 rings (SSSR count). The van der Waals surface area contributed by atoms with Gasteiger partial charge >= 0.3 is 0 Å². The zero-order chi connectivity index (χ0) is 14.1. The zero-order valence-corrected chi connectivity index (χ0v) is 12.5. The van der Waals surface area contributed by atoms with Crippen LogP contribution in [0.15, 0.2) is 5.16 Å². The average Bonchev–Trinajstić information content (AvgIpc) is 2.92. The van der Waals surface area contributed by atoms with E-state index in [0.29, 0.717) is 19.4 Å². The number of hydrogen-bond acceptors (Lipinski definition) is 4. The third-order valence-corrected chi connectivity index (χ3v) is 4.50. The number of oxime groups is 1. The molecular formula is C13H25N3O2S. The van der Waals surface area contributed by atoms with Crippen LogP contribution in [0.5, 0.6) is 0 Å². The molecule has 1 aliphatic rings. The number of amides is 1. The van der Waals surface area contributed by atoms with E-state index in [1.165, 1.54) is 12.2 Å². The maximum Gasteiger partial charge on any atom is 0.233 e. The number of nitrogens with zero attached hydrogens (tertiary/aromatic N) is 1. The van der Waals surface area contributed by atoms with Crippen molar-refractivity contribution in [2.75, 3.05) is 18.6 Å². The van der Waals surface area contributed by atoms with E-state index in [9.17, 15) is 4.79 Å². The third-order valence-electron chi connectivity index (χ3n) is 3.80. The van der Waals surface area contributed by atoms with Crippen LogP contribution in [0.4, 0.5) is 0 Å². The zero-order valence-electron chi connectivity index (χ0n) is 11.7. The van der Waals surface area contributed by atoms with E-state index in [4.69, 9.17) is 10.9 Å². The van der Waals surface area contributed by atoms with E-state index < -0.39 is 5.41 Å². The molecule has 0 aromatic rings. The Morgan fingerprint density at radius 2 is 2.05 bits per heavy atom. The summed E-state index contributed by atoms with van der Waals surface area (Å²) in [5.74, 6) is 1.15. The molecule has 0 radical (unpaired) electrons.